The molecule has 0 radical (unpaired) electrons. The van der Waals surface area contributed by atoms with E-state index in [1.165, 1.54) is 12.3 Å². The molecule has 2 aromatic rings. The van der Waals surface area contributed by atoms with Crippen molar-refractivity contribution in [2.75, 3.05) is 0 Å². The van der Waals surface area contributed by atoms with Crippen LogP contribution in [-0.2, 0) is 4.79 Å². The number of ether oxygens (including phenoxy) is 1. The Bertz CT molecular complexity index is 755. The first-order chi connectivity index (χ1) is 10.9. The lowest BCUT2D eigenvalue weighted by molar-refractivity contribution is -0.136. The Morgan fingerprint density at radius 3 is 2.57 bits per heavy atom. The molecule has 120 valence electrons. The molecule has 1 heterocycles. The number of aromatic hydroxyl groups is 1. The van der Waals surface area contributed by atoms with Crippen LogP contribution >= 0.6 is 0 Å². The van der Waals surface area contributed by atoms with Crippen LogP contribution in [0.25, 0.3) is 0 Å². The van der Waals surface area contributed by atoms with Crippen LogP contribution in [0, 0.1) is 13.8 Å². The largest absolute Gasteiger partial charge is 0.505 e. The Hall–Kier alpha value is -2.89. The van der Waals surface area contributed by atoms with Crippen molar-refractivity contribution in [1.29, 1.82) is 0 Å². The Kier molecular flexibility index (Phi) is 4.95. The number of rotatable bonds is 6. The summed E-state index contributed by atoms with van der Waals surface area (Å²) < 4.78 is 5.68. The third-order valence-electron chi connectivity index (χ3n) is 3.24. The van der Waals surface area contributed by atoms with Crippen LogP contribution in [-0.4, -0.2) is 26.9 Å². The van der Waals surface area contributed by atoms with E-state index in [1.807, 2.05) is 32.0 Å². The van der Waals surface area contributed by atoms with Gasteiger partial charge in [-0.15, -0.1) is 0 Å². The molecule has 6 nitrogen and oxygen atoms in total. The number of aliphatic carboxylic acids is 1. The van der Waals surface area contributed by atoms with E-state index in [4.69, 9.17) is 9.84 Å². The minimum absolute atomic E-state index is 0.153. The van der Waals surface area contributed by atoms with Crippen molar-refractivity contribution in [3.63, 3.8) is 0 Å². The summed E-state index contributed by atoms with van der Waals surface area (Å²) in [6, 6.07) is 7.03. The molecule has 0 spiro atoms. The molecule has 0 aliphatic rings. The molecule has 0 atom stereocenters. The maximum Gasteiger partial charge on any atom is 0.303 e. The summed E-state index contributed by atoms with van der Waals surface area (Å²) in [7, 11) is 0. The fourth-order valence-corrected chi connectivity index (χ4v) is 1.99. The number of carbonyl (C=O) groups excluding carboxylic acids is 1. The first-order valence-corrected chi connectivity index (χ1v) is 7.06. The van der Waals surface area contributed by atoms with Crippen LogP contribution < -0.4 is 4.74 Å². The first-order valence-electron chi connectivity index (χ1n) is 7.06. The van der Waals surface area contributed by atoms with Gasteiger partial charge >= 0.3 is 5.97 Å². The number of hydrogen-bond donors (Lipinski definition) is 2. The smallest absolute Gasteiger partial charge is 0.303 e. The zero-order valence-corrected chi connectivity index (χ0v) is 12.9. The van der Waals surface area contributed by atoms with Crippen LogP contribution in [0.15, 0.2) is 30.5 Å². The molecular formula is C17H17NO5. The van der Waals surface area contributed by atoms with Gasteiger partial charge in [0.25, 0.3) is 0 Å². The number of aryl methyl sites for hydroxylation is 2. The van der Waals surface area contributed by atoms with Crippen molar-refractivity contribution in [2.24, 2.45) is 0 Å². The van der Waals surface area contributed by atoms with Crippen molar-refractivity contribution in [2.45, 2.75) is 26.7 Å². The molecule has 6 heteroatoms. The van der Waals surface area contributed by atoms with Gasteiger partial charge in [0, 0.05) is 12.5 Å². The van der Waals surface area contributed by atoms with Gasteiger partial charge in [-0.1, -0.05) is 12.1 Å². The topological polar surface area (TPSA) is 96.7 Å². The maximum atomic E-state index is 11.8. The van der Waals surface area contributed by atoms with Crippen molar-refractivity contribution >= 4 is 11.8 Å². The zero-order chi connectivity index (χ0) is 17.0. The van der Waals surface area contributed by atoms with Gasteiger partial charge in [-0.25, -0.2) is 4.98 Å². The van der Waals surface area contributed by atoms with E-state index >= 15 is 0 Å². The van der Waals surface area contributed by atoms with Gasteiger partial charge in [0.1, 0.15) is 22.9 Å². The van der Waals surface area contributed by atoms with Gasteiger partial charge in [0.2, 0.25) is 0 Å². The molecule has 0 saturated heterocycles. The number of hydrogen-bond acceptors (Lipinski definition) is 5. The van der Waals surface area contributed by atoms with Crippen LogP contribution in [0.5, 0.6) is 17.2 Å². The molecule has 1 aromatic heterocycles. The summed E-state index contributed by atoms with van der Waals surface area (Å²) >= 11 is 0. The third-order valence-corrected chi connectivity index (χ3v) is 3.24. The molecule has 0 aliphatic heterocycles. The van der Waals surface area contributed by atoms with Crippen LogP contribution in [0.2, 0.25) is 0 Å². The number of carboxylic acid groups (broad SMARTS) is 1. The van der Waals surface area contributed by atoms with E-state index in [0.717, 1.165) is 11.1 Å². The predicted octanol–water partition coefficient (Wildman–Crippen LogP) is 3.24. The van der Waals surface area contributed by atoms with E-state index in [0.29, 0.717) is 11.5 Å². The minimum atomic E-state index is -1.08. The van der Waals surface area contributed by atoms with Crippen molar-refractivity contribution in [3.8, 4) is 17.2 Å². The van der Waals surface area contributed by atoms with Gasteiger partial charge in [0.05, 0.1) is 12.6 Å². The van der Waals surface area contributed by atoms with E-state index in [9.17, 15) is 14.7 Å². The fourth-order valence-electron chi connectivity index (χ4n) is 1.99. The Balaban J connectivity index is 2.17. The average molecular weight is 315 g/mol. The lowest BCUT2D eigenvalue weighted by Gasteiger charge is -2.10. The molecule has 0 bridgehead atoms. The number of aromatic nitrogens is 1. The number of carbonyl (C=O) groups is 2. The predicted molar refractivity (Wildman–Crippen MR) is 83.1 cm³/mol. The van der Waals surface area contributed by atoms with Crippen LogP contribution in [0.1, 0.15) is 34.5 Å². The quantitative estimate of drug-likeness (QED) is 0.794. The highest BCUT2D eigenvalue weighted by molar-refractivity contribution is 5.98. The highest BCUT2D eigenvalue weighted by atomic mass is 16.5. The van der Waals surface area contributed by atoms with Gasteiger partial charge in [-0.2, -0.15) is 0 Å². The normalized spacial score (nSPS) is 10.3. The summed E-state index contributed by atoms with van der Waals surface area (Å²) in [4.78, 5) is 26.2. The second-order valence-electron chi connectivity index (χ2n) is 5.23. The monoisotopic (exact) mass is 315 g/mol. The number of carboxylic acids is 1. The van der Waals surface area contributed by atoms with Gasteiger partial charge < -0.3 is 14.9 Å². The highest BCUT2D eigenvalue weighted by Crippen LogP contribution is 2.29. The lowest BCUT2D eigenvalue weighted by Crippen LogP contribution is -2.06. The van der Waals surface area contributed by atoms with E-state index in [-0.39, 0.29) is 24.3 Å². The number of Topliss-reactive ketones (excluding diaryl/α,β-unsaturated/α-hetero) is 1. The maximum absolute atomic E-state index is 11.8. The Morgan fingerprint density at radius 2 is 1.91 bits per heavy atom. The Labute approximate surface area is 133 Å². The molecule has 0 aliphatic carbocycles. The SMILES string of the molecule is Cc1ccc(C)c(Oc2cnc(C(=O)CCC(=O)O)c(O)c2)c1. The molecule has 0 fully saturated rings. The molecule has 2 N–H and O–H groups in total. The molecular weight excluding hydrogens is 298 g/mol. The number of nitrogens with zero attached hydrogens (tertiary/aromatic N) is 1. The van der Waals surface area contributed by atoms with Crippen molar-refractivity contribution in [3.05, 3.63) is 47.3 Å². The molecule has 23 heavy (non-hydrogen) atoms. The molecule has 2 rings (SSSR count). The fraction of sp³-hybridized carbons (Fsp3) is 0.235. The van der Waals surface area contributed by atoms with E-state index in [2.05, 4.69) is 4.98 Å². The zero-order valence-electron chi connectivity index (χ0n) is 12.9. The lowest BCUT2D eigenvalue weighted by atomic mass is 10.1. The Morgan fingerprint density at radius 1 is 1.17 bits per heavy atom. The van der Waals surface area contributed by atoms with Crippen molar-refractivity contribution in [1.82, 2.24) is 4.98 Å². The summed E-state index contributed by atoms with van der Waals surface area (Å²) in [5.41, 5.74) is 1.81. The summed E-state index contributed by atoms with van der Waals surface area (Å²) in [6.07, 6.45) is 0.809. The number of benzene rings is 1. The molecule has 0 amide bonds. The molecule has 1 aromatic carbocycles. The van der Waals surface area contributed by atoms with Gasteiger partial charge in [-0.05, 0) is 31.0 Å². The highest BCUT2D eigenvalue weighted by Gasteiger charge is 2.15. The third kappa shape index (κ3) is 4.29. The van der Waals surface area contributed by atoms with Crippen LogP contribution in [0.4, 0.5) is 0 Å². The standard InChI is InChI=1S/C17H17NO5/c1-10-3-4-11(2)15(7-10)23-12-8-14(20)17(18-9-12)13(19)5-6-16(21)22/h3-4,7-9,20H,5-6H2,1-2H3,(H,21,22). The second kappa shape index (κ2) is 6.91. The first kappa shape index (κ1) is 16.5. The van der Waals surface area contributed by atoms with Gasteiger partial charge in [0.15, 0.2) is 5.78 Å². The van der Waals surface area contributed by atoms with E-state index < -0.39 is 11.8 Å². The molecule has 0 saturated carbocycles. The molecule has 0 unspecified atom stereocenters. The second-order valence-corrected chi connectivity index (χ2v) is 5.23. The van der Waals surface area contributed by atoms with Crippen molar-refractivity contribution < 1.29 is 24.5 Å². The van der Waals surface area contributed by atoms with E-state index in [1.54, 1.807) is 0 Å². The summed E-state index contributed by atoms with van der Waals surface area (Å²) in [6.45, 7) is 3.83. The van der Waals surface area contributed by atoms with Crippen LogP contribution in [0.3, 0.4) is 0 Å². The average Bonchev–Trinajstić information content (AvgIpc) is 2.48. The number of pyridine rings is 1. The van der Waals surface area contributed by atoms with Gasteiger partial charge in [-0.3, -0.25) is 9.59 Å². The summed E-state index contributed by atoms with van der Waals surface area (Å²) in [5.74, 6) is -0.999. The summed E-state index contributed by atoms with van der Waals surface area (Å²) in [5, 5.41) is 18.5. The number of ketones is 1. The minimum Gasteiger partial charge on any atom is -0.505 e.